The van der Waals surface area contributed by atoms with E-state index in [2.05, 4.69) is 11.8 Å². The minimum Gasteiger partial charge on any atom is -0.348 e. The first-order valence-corrected chi connectivity index (χ1v) is 4.67. The summed E-state index contributed by atoms with van der Waals surface area (Å²) in [4.78, 5) is 13.2. The third-order valence-electron chi connectivity index (χ3n) is 2.13. The maximum Gasteiger partial charge on any atom is 0.229 e. The Morgan fingerprint density at radius 3 is 2.71 bits per heavy atom. The highest BCUT2D eigenvalue weighted by molar-refractivity contribution is 5.80. The molecule has 0 fully saturated rings. The zero-order valence-corrected chi connectivity index (χ0v) is 8.87. The molecule has 1 unspecified atom stereocenters. The maximum absolute atomic E-state index is 11.6. The van der Waals surface area contributed by atoms with E-state index in [0.717, 1.165) is 12.0 Å². The minimum atomic E-state index is -0.00703. The van der Waals surface area contributed by atoms with Crippen molar-refractivity contribution in [3.8, 4) is 11.8 Å². The fourth-order valence-corrected chi connectivity index (χ4v) is 1.37. The molecule has 0 heterocycles. The van der Waals surface area contributed by atoms with Gasteiger partial charge < -0.3 is 4.90 Å². The normalized spacial score (nSPS) is 19.4. The molecule has 0 saturated heterocycles. The van der Waals surface area contributed by atoms with Crippen LogP contribution in [0.2, 0.25) is 0 Å². The monoisotopic (exact) mass is 189 g/mol. The van der Waals surface area contributed by atoms with E-state index in [0.29, 0.717) is 0 Å². The lowest BCUT2D eigenvalue weighted by Crippen LogP contribution is -2.28. The zero-order chi connectivity index (χ0) is 10.6. The van der Waals surface area contributed by atoms with Gasteiger partial charge in [0, 0.05) is 19.7 Å². The Morgan fingerprint density at radius 2 is 2.29 bits per heavy atom. The first-order valence-electron chi connectivity index (χ1n) is 4.67. The fourth-order valence-electron chi connectivity index (χ4n) is 1.37. The van der Waals surface area contributed by atoms with Crippen LogP contribution in [-0.4, -0.2) is 24.9 Å². The van der Waals surface area contributed by atoms with Crippen LogP contribution in [-0.2, 0) is 4.79 Å². The lowest BCUT2D eigenvalue weighted by molar-refractivity contribution is -0.131. The second-order valence-corrected chi connectivity index (χ2v) is 3.47. The predicted molar refractivity (Wildman–Crippen MR) is 57.5 cm³/mol. The van der Waals surface area contributed by atoms with Crippen molar-refractivity contribution in [1.29, 1.82) is 0 Å². The van der Waals surface area contributed by atoms with Gasteiger partial charge in [-0.05, 0) is 13.3 Å². The van der Waals surface area contributed by atoms with E-state index in [-0.39, 0.29) is 11.8 Å². The number of allylic oxidation sites excluding steroid dienone is 3. The molecule has 1 aliphatic carbocycles. The van der Waals surface area contributed by atoms with Gasteiger partial charge in [0.25, 0.3) is 0 Å². The van der Waals surface area contributed by atoms with Crippen LogP contribution in [0.1, 0.15) is 13.3 Å². The molecule has 74 valence electrons. The van der Waals surface area contributed by atoms with Crippen molar-refractivity contribution in [1.82, 2.24) is 4.90 Å². The summed E-state index contributed by atoms with van der Waals surface area (Å²) in [6.45, 7) is 1.81. The van der Waals surface area contributed by atoms with Crippen LogP contribution in [0.25, 0.3) is 0 Å². The summed E-state index contributed by atoms with van der Waals surface area (Å²) in [6.07, 6.45) is 6.63. The first kappa shape index (κ1) is 10.6. The molecule has 0 radical (unpaired) electrons. The lowest BCUT2D eigenvalue weighted by Gasteiger charge is -2.18. The number of hydrogen-bond acceptors (Lipinski definition) is 1. The molecular formula is C12H15NO. The van der Waals surface area contributed by atoms with Crippen molar-refractivity contribution in [3.05, 3.63) is 23.8 Å². The molecule has 0 aromatic rings. The summed E-state index contributed by atoms with van der Waals surface area (Å²) in [5.74, 6) is 5.96. The van der Waals surface area contributed by atoms with Gasteiger partial charge in [-0.3, -0.25) is 4.79 Å². The number of carbonyl (C=O) groups is 1. The number of amides is 1. The summed E-state index contributed by atoms with van der Waals surface area (Å²) < 4.78 is 0. The van der Waals surface area contributed by atoms with Gasteiger partial charge in [-0.2, -0.15) is 0 Å². The summed E-state index contributed by atoms with van der Waals surface area (Å²) >= 11 is 0. The molecule has 1 rings (SSSR count). The second kappa shape index (κ2) is 4.66. The Labute approximate surface area is 85.3 Å². The third-order valence-corrected chi connectivity index (χ3v) is 2.13. The maximum atomic E-state index is 11.6. The SMILES string of the molecule is CC#CC1=CCC(C(=O)N(C)C)C=C1. The number of hydrogen-bond donors (Lipinski definition) is 0. The molecule has 0 saturated carbocycles. The van der Waals surface area contributed by atoms with E-state index in [9.17, 15) is 4.79 Å². The second-order valence-electron chi connectivity index (χ2n) is 3.47. The van der Waals surface area contributed by atoms with Crippen LogP contribution in [0.3, 0.4) is 0 Å². The highest BCUT2D eigenvalue weighted by Crippen LogP contribution is 2.17. The molecule has 0 N–H and O–H groups in total. The lowest BCUT2D eigenvalue weighted by atomic mass is 9.96. The van der Waals surface area contributed by atoms with Crippen molar-refractivity contribution in [2.45, 2.75) is 13.3 Å². The standard InChI is InChI=1S/C12H15NO/c1-4-5-10-6-8-11(9-7-10)12(14)13(2)3/h6-8,11H,9H2,1-3H3. The largest absolute Gasteiger partial charge is 0.348 e. The fraction of sp³-hybridized carbons (Fsp3) is 0.417. The molecule has 2 heteroatoms. The Hall–Kier alpha value is -1.49. The van der Waals surface area contributed by atoms with E-state index >= 15 is 0 Å². The van der Waals surface area contributed by atoms with E-state index in [1.54, 1.807) is 19.0 Å². The highest BCUT2D eigenvalue weighted by Gasteiger charge is 2.17. The number of nitrogens with zero attached hydrogens (tertiary/aromatic N) is 1. The van der Waals surface area contributed by atoms with Gasteiger partial charge in [0.15, 0.2) is 0 Å². The Kier molecular flexibility index (Phi) is 3.53. The van der Waals surface area contributed by atoms with Crippen molar-refractivity contribution in [3.63, 3.8) is 0 Å². The van der Waals surface area contributed by atoms with Crippen LogP contribution in [0.5, 0.6) is 0 Å². The van der Waals surface area contributed by atoms with E-state index < -0.39 is 0 Å². The van der Waals surface area contributed by atoms with Crippen molar-refractivity contribution >= 4 is 5.91 Å². The molecule has 1 aliphatic rings. The van der Waals surface area contributed by atoms with Crippen molar-refractivity contribution in [2.24, 2.45) is 5.92 Å². The summed E-state index contributed by atoms with van der Waals surface area (Å²) in [5.41, 5.74) is 1.01. The molecule has 0 spiro atoms. The number of carbonyl (C=O) groups excluding carboxylic acids is 1. The van der Waals surface area contributed by atoms with Gasteiger partial charge >= 0.3 is 0 Å². The predicted octanol–water partition coefficient (Wildman–Crippen LogP) is 1.60. The van der Waals surface area contributed by atoms with Gasteiger partial charge in [-0.25, -0.2) is 0 Å². The van der Waals surface area contributed by atoms with Gasteiger partial charge in [0.1, 0.15) is 0 Å². The number of rotatable bonds is 1. The van der Waals surface area contributed by atoms with E-state index in [1.807, 2.05) is 25.2 Å². The summed E-state index contributed by atoms with van der Waals surface area (Å²) in [6, 6.07) is 0. The molecule has 1 amide bonds. The smallest absolute Gasteiger partial charge is 0.229 e. The average Bonchev–Trinajstić information content (AvgIpc) is 2.18. The van der Waals surface area contributed by atoms with E-state index in [4.69, 9.17) is 0 Å². The molecule has 0 aliphatic heterocycles. The topological polar surface area (TPSA) is 20.3 Å². The van der Waals surface area contributed by atoms with Gasteiger partial charge in [-0.1, -0.05) is 24.1 Å². The highest BCUT2D eigenvalue weighted by atomic mass is 16.2. The Bertz CT molecular complexity index is 339. The van der Waals surface area contributed by atoms with Gasteiger partial charge in [0.2, 0.25) is 5.91 Å². The molecule has 0 aromatic carbocycles. The third kappa shape index (κ3) is 2.50. The van der Waals surface area contributed by atoms with Crippen molar-refractivity contribution < 1.29 is 4.79 Å². The van der Waals surface area contributed by atoms with Crippen molar-refractivity contribution in [2.75, 3.05) is 14.1 Å². The zero-order valence-electron chi connectivity index (χ0n) is 8.87. The molecule has 2 nitrogen and oxygen atoms in total. The Morgan fingerprint density at radius 1 is 1.57 bits per heavy atom. The molecular weight excluding hydrogens is 174 g/mol. The summed E-state index contributed by atoms with van der Waals surface area (Å²) in [5, 5.41) is 0. The van der Waals surface area contributed by atoms with Gasteiger partial charge in [0.05, 0.1) is 5.92 Å². The molecule has 0 bridgehead atoms. The van der Waals surface area contributed by atoms with Crippen LogP contribution in [0, 0.1) is 17.8 Å². The average molecular weight is 189 g/mol. The van der Waals surface area contributed by atoms with Crippen LogP contribution in [0.4, 0.5) is 0 Å². The van der Waals surface area contributed by atoms with Crippen LogP contribution < -0.4 is 0 Å². The van der Waals surface area contributed by atoms with Gasteiger partial charge in [-0.15, -0.1) is 5.92 Å². The first-order chi connectivity index (χ1) is 6.65. The van der Waals surface area contributed by atoms with E-state index in [1.165, 1.54) is 0 Å². The Balaban J connectivity index is 2.64. The quantitative estimate of drug-likeness (QED) is 0.574. The molecule has 1 atom stereocenters. The minimum absolute atomic E-state index is 0.00703. The molecule has 14 heavy (non-hydrogen) atoms. The van der Waals surface area contributed by atoms with Crippen LogP contribution >= 0.6 is 0 Å². The molecule has 0 aromatic heterocycles. The summed E-state index contributed by atoms with van der Waals surface area (Å²) in [7, 11) is 3.56. The van der Waals surface area contributed by atoms with Crippen LogP contribution in [0.15, 0.2) is 23.8 Å².